The zero-order chi connectivity index (χ0) is 39.3. The maximum atomic E-state index is 6.40. The molecule has 1 nitrogen and oxygen atoms in total. The molecule has 0 atom stereocenters. The second-order valence-corrected chi connectivity index (χ2v) is 16.9. The molecule has 11 aromatic carbocycles. The third kappa shape index (κ3) is 4.86. The molecule has 278 valence electrons. The first-order chi connectivity index (χ1) is 29.8. The average molecular weight is 779 g/mol. The third-order valence-electron chi connectivity index (χ3n) is 12.6. The lowest BCUT2D eigenvalue weighted by Gasteiger charge is -2.18. The number of rotatable bonds is 4. The number of thiophene rings is 1. The van der Waals surface area contributed by atoms with E-state index >= 15 is 0 Å². The summed E-state index contributed by atoms with van der Waals surface area (Å²) in [6.45, 7) is 0. The van der Waals surface area contributed by atoms with Gasteiger partial charge in [-0.25, -0.2) is 0 Å². The lowest BCUT2D eigenvalue weighted by atomic mass is 9.85. The Kier molecular flexibility index (Phi) is 7.24. The van der Waals surface area contributed by atoms with Gasteiger partial charge in [-0.3, -0.25) is 0 Å². The molecule has 13 rings (SSSR count). The number of fused-ring (bicyclic) bond motifs is 10. The molecule has 0 saturated carbocycles. The Balaban J connectivity index is 1.04. The maximum Gasteiger partial charge on any atom is 0.136 e. The van der Waals surface area contributed by atoms with Crippen molar-refractivity contribution in [3.8, 4) is 44.5 Å². The van der Waals surface area contributed by atoms with Gasteiger partial charge < -0.3 is 4.42 Å². The van der Waals surface area contributed by atoms with Crippen LogP contribution in [-0.4, -0.2) is 0 Å². The van der Waals surface area contributed by atoms with Crippen LogP contribution in [0, 0.1) is 0 Å². The molecule has 0 N–H and O–H groups in total. The van der Waals surface area contributed by atoms with E-state index in [-0.39, 0.29) is 0 Å². The van der Waals surface area contributed by atoms with E-state index < -0.39 is 0 Å². The standard InChI is InChI=1S/C58H34OS/c1-2-15-35(16-3-1)54-44-22-8-10-24-46(44)57(47-25-11-9-23-45(47)54)49-27-14-26-48-50-33-36(30-32-53(50)60-58(48)49)55-40-18-4-6-20-42(40)56(43-21-7-5-19-41(43)55)37-29-31-39-38-17-12-13-28-51(38)59-52(39)34-37/h1-34H. The quantitative estimate of drug-likeness (QED) is 0.162. The van der Waals surface area contributed by atoms with Crippen molar-refractivity contribution in [2.75, 3.05) is 0 Å². The van der Waals surface area contributed by atoms with E-state index in [1.807, 2.05) is 17.4 Å². The number of hydrogen-bond acceptors (Lipinski definition) is 2. The Morgan fingerprint density at radius 3 is 1.32 bits per heavy atom. The van der Waals surface area contributed by atoms with Crippen molar-refractivity contribution in [1.82, 2.24) is 0 Å². The Morgan fingerprint density at radius 1 is 0.267 bits per heavy atom. The topological polar surface area (TPSA) is 13.1 Å². The van der Waals surface area contributed by atoms with Gasteiger partial charge in [-0.05, 0) is 112 Å². The van der Waals surface area contributed by atoms with Crippen molar-refractivity contribution in [3.63, 3.8) is 0 Å². The molecule has 2 heterocycles. The molecule has 0 aliphatic heterocycles. The molecule has 0 aliphatic carbocycles. The molecule has 0 radical (unpaired) electrons. The Hall–Kier alpha value is -7.52. The van der Waals surface area contributed by atoms with Crippen molar-refractivity contribution < 1.29 is 4.42 Å². The van der Waals surface area contributed by atoms with Crippen molar-refractivity contribution in [1.29, 1.82) is 0 Å². The minimum atomic E-state index is 0.910. The van der Waals surface area contributed by atoms with Gasteiger partial charge in [0.05, 0.1) is 0 Å². The van der Waals surface area contributed by atoms with Gasteiger partial charge >= 0.3 is 0 Å². The summed E-state index contributed by atoms with van der Waals surface area (Å²) in [6.07, 6.45) is 0. The summed E-state index contributed by atoms with van der Waals surface area (Å²) in [4.78, 5) is 0. The van der Waals surface area contributed by atoms with Crippen LogP contribution >= 0.6 is 11.3 Å². The fourth-order valence-corrected chi connectivity index (χ4v) is 11.3. The van der Waals surface area contributed by atoms with Gasteiger partial charge in [0.1, 0.15) is 11.2 Å². The van der Waals surface area contributed by atoms with E-state index in [9.17, 15) is 0 Å². The fourth-order valence-electron chi connectivity index (χ4n) is 10.1. The molecule has 0 spiro atoms. The van der Waals surface area contributed by atoms with Crippen LogP contribution in [0.15, 0.2) is 211 Å². The van der Waals surface area contributed by atoms with Gasteiger partial charge in [0.25, 0.3) is 0 Å². The smallest absolute Gasteiger partial charge is 0.136 e. The van der Waals surface area contributed by atoms with Gasteiger partial charge in [-0.1, -0.05) is 176 Å². The van der Waals surface area contributed by atoms with Crippen molar-refractivity contribution in [2.45, 2.75) is 0 Å². The van der Waals surface area contributed by atoms with Gasteiger partial charge in [0.15, 0.2) is 0 Å². The summed E-state index contributed by atoms with van der Waals surface area (Å²) < 4.78 is 9.01. The SMILES string of the molecule is c1ccc(-c2c3ccccc3c(-c3cccc4c3sc3ccc(-c5c6ccccc6c(-c6ccc7c(c6)oc6ccccc67)c6ccccc56)cc34)c3ccccc23)cc1. The molecule has 0 unspecified atom stereocenters. The summed E-state index contributed by atoms with van der Waals surface area (Å²) in [5.41, 5.74) is 11.8. The number of para-hydroxylation sites is 1. The largest absolute Gasteiger partial charge is 0.456 e. The minimum Gasteiger partial charge on any atom is -0.456 e. The molecular weight excluding hydrogens is 745 g/mol. The maximum absolute atomic E-state index is 6.40. The van der Waals surface area contributed by atoms with Gasteiger partial charge in [-0.15, -0.1) is 11.3 Å². The predicted octanol–water partition coefficient (Wildman–Crippen LogP) is 17.2. The Labute approximate surface area is 350 Å². The van der Waals surface area contributed by atoms with E-state index in [0.29, 0.717) is 0 Å². The van der Waals surface area contributed by atoms with E-state index in [2.05, 4.69) is 200 Å². The van der Waals surface area contributed by atoms with E-state index in [0.717, 1.165) is 27.5 Å². The normalized spacial score (nSPS) is 12.0. The lowest BCUT2D eigenvalue weighted by molar-refractivity contribution is 0.669. The van der Waals surface area contributed by atoms with Gasteiger partial charge in [-0.2, -0.15) is 0 Å². The third-order valence-corrected chi connectivity index (χ3v) is 13.9. The van der Waals surface area contributed by atoms with Crippen LogP contribution in [-0.2, 0) is 0 Å². The van der Waals surface area contributed by atoms with E-state index in [1.165, 1.54) is 102 Å². The van der Waals surface area contributed by atoms with Crippen molar-refractivity contribution >= 4 is 96.5 Å². The summed E-state index contributed by atoms with van der Waals surface area (Å²) >= 11 is 1.91. The van der Waals surface area contributed by atoms with E-state index in [1.54, 1.807) is 0 Å². The Bertz CT molecular complexity index is 3770. The van der Waals surface area contributed by atoms with Crippen LogP contribution in [0.1, 0.15) is 0 Å². The van der Waals surface area contributed by atoms with Gasteiger partial charge in [0, 0.05) is 36.5 Å². The second-order valence-electron chi connectivity index (χ2n) is 15.9. The highest BCUT2D eigenvalue weighted by atomic mass is 32.1. The molecule has 2 aromatic heterocycles. The number of hydrogen-bond donors (Lipinski definition) is 0. The highest BCUT2D eigenvalue weighted by Gasteiger charge is 2.21. The zero-order valence-electron chi connectivity index (χ0n) is 32.4. The van der Waals surface area contributed by atoms with Crippen LogP contribution in [0.25, 0.3) is 130 Å². The molecular formula is C58H34OS. The highest BCUT2D eigenvalue weighted by molar-refractivity contribution is 7.26. The van der Waals surface area contributed by atoms with Crippen molar-refractivity contribution in [3.05, 3.63) is 206 Å². The fraction of sp³-hybridized carbons (Fsp3) is 0. The molecule has 0 aliphatic rings. The minimum absolute atomic E-state index is 0.910. The molecule has 0 bridgehead atoms. The first kappa shape index (κ1) is 33.5. The zero-order valence-corrected chi connectivity index (χ0v) is 33.3. The number of benzene rings is 11. The summed E-state index contributed by atoms with van der Waals surface area (Å²) in [7, 11) is 0. The molecule has 13 aromatic rings. The Morgan fingerprint density at radius 2 is 0.717 bits per heavy atom. The number of furan rings is 1. The lowest BCUT2D eigenvalue weighted by Crippen LogP contribution is -1.91. The monoisotopic (exact) mass is 778 g/mol. The van der Waals surface area contributed by atoms with Crippen molar-refractivity contribution in [2.24, 2.45) is 0 Å². The van der Waals surface area contributed by atoms with Crippen LogP contribution < -0.4 is 0 Å². The van der Waals surface area contributed by atoms with Crippen LogP contribution in [0.2, 0.25) is 0 Å². The molecule has 0 amide bonds. The average Bonchev–Trinajstić information content (AvgIpc) is 3.88. The molecule has 60 heavy (non-hydrogen) atoms. The molecule has 0 saturated heterocycles. The van der Waals surface area contributed by atoms with Crippen LogP contribution in [0.4, 0.5) is 0 Å². The van der Waals surface area contributed by atoms with Gasteiger partial charge in [0.2, 0.25) is 0 Å². The molecule has 0 fully saturated rings. The first-order valence-corrected chi connectivity index (χ1v) is 21.4. The summed E-state index contributed by atoms with van der Waals surface area (Å²) in [5.74, 6) is 0. The second kappa shape index (κ2) is 13.0. The molecule has 2 heteroatoms. The predicted molar refractivity (Wildman–Crippen MR) is 258 cm³/mol. The highest BCUT2D eigenvalue weighted by Crippen LogP contribution is 2.50. The van der Waals surface area contributed by atoms with E-state index in [4.69, 9.17) is 4.42 Å². The summed E-state index contributed by atoms with van der Waals surface area (Å²) in [6, 6.07) is 75.7. The summed E-state index contributed by atoms with van der Waals surface area (Å²) in [5, 5.41) is 14.9. The van der Waals surface area contributed by atoms with Crippen LogP contribution in [0.5, 0.6) is 0 Å². The first-order valence-electron chi connectivity index (χ1n) is 20.6. The van der Waals surface area contributed by atoms with Crippen LogP contribution in [0.3, 0.4) is 0 Å².